The smallest absolute Gasteiger partial charge is 0.403 e. The highest BCUT2D eigenvalue weighted by Crippen LogP contribution is 2.57. The molecule has 1 saturated heterocycles. The number of rotatable bonds is 15. The molecule has 262 valence electrons. The van der Waals surface area contributed by atoms with Gasteiger partial charge in [0.2, 0.25) is 0 Å². The van der Waals surface area contributed by atoms with Crippen molar-refractivity contribution >= 4 is 27.2 Å². The molecule has 0 aliphatic carbocycles. The summed E-state index contributed by atoms with van der Waals surface area (Å²) < 4.78 is 72.2. The van der Waals surface area contributed by atoms with Crippen LogP contribution in [0.15, 0.2) is 46.1 Å². The van der Waals surface area contributed by atoms with Gasteiger partial charge in [-0.25, -0.2) is 23.9 Å². The van der Waals surface area contributed by atoms with Crippen molar-refractivity contribution in [3.63, 3.8) is 0 Å². The Morgan fingerprint density at radius 1 is 1.00 bits per heavy atom. The number of alkyl halides is 1. The van der Waals surface area contributed by atoms with Gasteiger partial charge in [0.15, 0.2) is 12.4 Å². The highest BCUT2D eigenvalue weighted by molar-refractivity contribution is 7.58. The molecule has 1 fully saturated rings. The van der Waals surface area contributed by atoms with Crippen molar-refractivity contribution in [2.24, 2.45) is 0 Å². The highest BCUT2D eigenvalue weighted by atomic mass is 31.2. The summed E-state index contributed by atoms with van der Waals surface area (Å²) in [5.74, 6) is -1.68. The van der Waals surface area contributed by atoms with E-state index >= 15 is 4.39 Å². The van der Waals surface area contributed by atoms with Crippen molar-refractivity contribution in [1.29, 1.82) is 0 Å². The number of carbonyl (C=O) groups is 2. The number of benzene rings is 1. The van der Waals surface area contributed by atoms with E-state index in [2.05, 4.69) is 10.2 Å². The fourth-order valence-electron chi connectivity index (χ4n) is 4.56. The van der Waals surface area contributed by atoms with Gasteiger partial charge in [-0.3, -0.25) is 33.0 Å². The SMILES string of the molecule is Cc1cn([C@H]2O[C@@H](COP(=O)(O)N[C@@H](C)C(=O)OC(C)C)[C@H](P(=O)(N[C@@H](C)C(=O)OC(C)C)Oc3ccccc3)[C@H]2F)c(=O)[nH]c1=O. The molecule has 0 radical (unpaired) electrons. The molecule has 47 heavy (non-hydrogen) atoms. The number of aromatic nitrogens is 2. The number of para-hydroxylation sites is 1. The average Bonchev–Trinajstić information content (AvgIpc) is 3.29. The Balaban J connectivity index is 2.05. The maximum Gasteiger partial charge on any atom is 0.403 e. The van der Waals surface area contributed by atoms with E-state index in [1.54, 1.807) is 45.9 Å². The van der Waals surface area contributed by atoms with Crippen LogP contribution in [0.1, 0.15) is 53.3 Å². The number of nitrogens with one attached hydrogen (secondary N) is 3. The lowest BCUT2D eigenvalue weighted by atomic mass is 10.2. The first-order valence-electron chi connectivity index (χ1n) is 14.7. The fraction of sp³-hybridized carbons (Fsp3) is 0.571. The molecule has 0 saturated carbocycles. The molecule has 1 aliphatic rings. The summed E-state index contributed by atoms with van der Waals surface area (Å²) in [6, 6.07) is 4.98. The normalized spacial score (nSPS) is 23.5. The second kappa shape index (κ2) is 15.8. The van der Waals surface area contributed by atoms with Crippen LogP contribution < -0.4 is 25.9 Å². The van der Waals surface area contributed by atoms with Gasteiger partial charge in [0.25, 0.3) is 5.56 Å². The lowest BCUT2D eigenvalue weighted by Gasteiger charge is -2.31. The second-order valence-corrected chi connectivity index (χ2v) is 15.3. The Morgan fingerprint density at radius 2 is 1.55 bits per heavy atom. The number of hydrogen-bond acceptors (Lipinski definition) is 11. The predicted octanol–water partition coefficient (Wildman–Crippen LogP) is 2.70. The van der Waals surface area contributed by atoms with Crippen LogP contribution in [0, 0.1) is 6.92 Å². The lowest BCUT2D eigenvalue weighted by molar-refractivity contribution is -0.150. The monoisotopic (exact) mass is 706 g/mol. The van der Waals surface area contributed by atoms with Gasteiger partial charge in [-0.1, -0.05) is 18.2 Å². The summed E-state index contributed by atoms with van der Waals surface area (Å²) in [4.78, 5) is 62.2. The molecule has 3 rings (SSSR count). The molecule has 0 bridgehead atoms. The first kappa shape index (κ1) is 38.3. The van der Waals surface area contributed by atoms with E-state index in [-0.39, 0.29) is 11.3 Å². The van der Waals surface area contributed by atoms with Crippen LogP contribution >= 0.6 is 15.3 Å². The van der Waals surface area contributed by atoms with Crippen molar-refractivity contribution in [3.8, 4) is 5.75 Å². The van der Waals surface area contributed by atoms with Crippen LogP contribution in [0.3, 0.4) is 0 Å². The summed E-state index contributed by atoms with van der Waals surface area (Å²) in [7, 11) is -9.51. The largest absolute Gasteiger partial charge is 0.462 e. The van der Waals surface area contributed by atoms with Crippen LogP contribution in [0.4, 0.5) is 4.39 Å². The molecule has 2 aromatic rings. The summed E-state index contributed by atoms with van der Waals surface area (Å²) in [5, 5.41) is 4.66. The van der Waals surface area contributed by atoms with E-state index in [0.29, 0.717) is 0 Å². The number of hydrogen-bond donors (Lipinski definition) is 4. The molecule has 1 aromatic heterocycles. The van der Waals surface area contributed by atoms with Gasteiger partial charge in [0, 0.05) is 11.8 Å². The van der Waals surface area contributed by atoms with Gasteiger partial charge in [0.05, 0.1) is 18.8 Å². The Morgan fingerprint density at radius 3 is 2.11 bits per heavy atom. The molecule has 19 heteroatoms. The van der Waals surface area contributed by atoms with E-state index in [1.165, 1.54) is 32.9 Å². The van der Waals surface area contributed by atoms with Gasteiger partial charge >= 0.3 is 32.9 Å². The average molecular weight is 707 g/mol. The zero-order valence-electron chi connectivity index (χ0n) is 26.9. The lowest BCUT2D eigenvalue weighted by Crippen LogP contribution is -2.44. The summed E-state index contributed by atoms with van der Waals surface area (Å²) in [5.41, 5.74) is -3.65. The van der Waals surface area contributed by atoms with Crippen molar-refractivity contribution in [1.82, 2.24) is 19.7 Å². The van der Waals surface area contributed by atoms with Crippen LogP contribution in [0.2, 0.25) is 0 Å². The van der Waals surface area contributed by atoms with Gasteiger partial charge in [0.1, 0.15) is 29.6 Å². The number of nitrogens with zero attached hydrogens (tertiary/aromatic N) is 1. The number of esters is 2. The third-order valence-corrected chi connectivity index (χ3v) is 10.5. The topological polar surface area (TPSA) is 214 Å². The molecule has 1 aliphatic heterocycles. The minimum absolute atomic E-state index is 0.00659. The summed E-state index contributed by atoms with van der Waals surface area (Å²) >= 11 is 0. The zero-order chi connectivity index (χ0) is 35.3. The van der Waals surface area contributed by atoms with Crippen molar-refractivity contribution in [2.75, 3.05) is 6.61 Å². The Bertz CT molecular complexity index is 1620. The van der Waals surface area contributed by atoms with E-state index in [9.17, 15) is 33.2 Å². The van der Waals surface area contributed by atoms with E-state index in [0.717, 1.165) is 10.8 Å². The molecular formula is C28H41FN4O12P2. The first-order valence-corrected chi connectivity index (χ1v) is 18.0. The third-order valence-electron chi connectivity index (χ3n) is 6.65. The molecule has 2 heterocycles. The predicted molar refractivity (Wildman–Crippen MR) is 167 cm³/mol. The molecular weight excluding hydrogens is 665 g/mol. The standard InChI is InChI=1S/C28H41FN4O12P2/c1-15(2)42-26(35)18(6)31-46(38,45-20-11-9-8-10-12-20)23-21(14-41-47(39,40)32-19(7)27(36)43-16(3)4)44-25(22(23)29)33-13-17(5)24(34)30-28(33)37/h8-13,15-16,18-19,21-23,25H,14H2,1-7H3,(H,31,38)(H,30,34,37)(H2,32,39,40)/t18-,19-,21-,22+,23-,25-,46?/m0/s1. The molecule has 1 aromatic carbocycles. The van der Waals surface area contributed by atoms with Crippen LogP contribution in [-0.4, -0.2) is 75.2 Å². The summed E-state index contributed by atoms with van der Waals surface area (Å²) in [6.45, 7) is 9.39. The van der Waals surface area contributed by atoms with Crippen molar-refractivity contribution in [2.45, 2.75) is 96.9 Å². The van der Waals surface area contributed by atoms with E-state index in [1.807, 2.05) is 4.98 Å². The quantitative estimate of drug-likeness (QED) is 0.155. The molecule has 4 N–H and O–H groups in total. The second-order valence-electron chi connectivity index (χ2n) is 11.5. The van der Waals surface area contributed by atoms with E-state index in [4.69, 9.17) is 23.3 Å². The number of aryl methyl sites for hydroxylation is 1. The first-order chi connectivity index (χ1) is 21.8. The van der Waals surface area contributed by atoms with Crippen molar-refractivity contribution < 1.29 is 51.3 Å². The highest BCUT2D eigenvalue weighted by Gasteiger charge is 2.58. The Kier molecular flexibility index (Phi) is 12.9. The van der Waals surface area contributed by atoms with Gasteiger partial charge in [-0.2, -0.15) is 0 Å². The Labute approximate surface area is 270 Å². The number of carbonyl (C=O) groups excluding carboxylic acids is 2. The molecule has 2 unspecified atom stereocenters. The van der Waals surface area contributed by atoms with Crippen LogP contribution in [0.25, 0.3) is 0 Å². The molecule has 0 spiro atoms. The fourth-order valence-corrected chi connectivity index (χ4v) is 8.12. The third kappa shape index (κ3) is 10.2. The summed E-state index contributed by atoms with van der Waals surface area (Å²) in [6.07, 6.45) is -5.88. The van der Waals surface area contributed by atoms with Gasteiger partial charge < -0.3 is 23.6 Å². The maximum atomic E-state index is 16.7. The number of ether oxygens (including phenoxy) is 3. The number of aromatic amines is 1. The van der Waals surface area contributed by atoms with Gasteiger partial charge in [-0.15, -0.1) is 0 Å². The zero-order valence-corrected chi connectivity index (χ0v) is 28.7. The Hall–Kier alpha value is -3.17. The van der Waals surface area contributed by atoms with E-state index < -0.39 is 93.5 Å². The maximum absolute atomic E-state index is 16.7. The van der Waals surface area contributed by atoms with Crippen LogP contribution in [0.5, 0.6) is 5.75 Å². The molecule has 0 amide bonds. The molecule has 8 atom stereocenters. The van der Waals surface area contributed by atoms with Crippen molar-refractivity contribution in [3.05, 3.63) is 62.9 Å². The number of H-pyrrole nitrogens is 1. The number of halogens is 1. The minimum atomic E-state index is -4.83. The van der Waals surface area contributed by atoms with Crippen LogP contribution in [-0.2, 0) is 37.5 Å². The molecule has 16 nitrogen and oxygen atoms in total. The van der Waals surface area contributed by atoms with Gasteiger partial charge in [-0.05, 0) is 60.6 Å². The minimum Gasteiger partial charge on any atom is -0.462 e.